The van der Waals surface area contributed by atoms with E-state index in [-0.39, 0.29) is 42.6 Å². The molecule has 8 atom stereocenters. The summed E-state index contributed by atoms with van der Waals surface area (Å²) < 4.78 is 36.0. The Labute approximate surface area is 186 Å². The van der Waals surface area contributed by atoms with Crippen molar-refractivity contribution in [3.05, 3.63) is 24.2 Å². The van der Waals surface area contributed by atoms with Gasteiger partial charge in [0.05, 0.1) is 36.1 Å². The largest absolute Gasteiger partial charge is 0.472 e. The fraction of sp³-hybridized carbons (Fsp3) is 0.750. The molecule has 2 saturated carbocycles. The number of hydrogen-bond acceptors (Lipinski definition) is 8. The van der Waals surface area contributed by atoms with Crippen LogP contribution in [-0.4, -0.2) is 42.8 Å². The Morgan fingerprint density at radius 3 is 2.94 bits per heavy atom. The van der Waals surface area contributed by atoms with Crippen molar-refractivity contribution < 1.29 is 37.7 Å². The first-order valence-corrected chi connectivity index (χ1v) is 11.6. The second-order valence-electron chi connectivity index (χ2n) is 10.5. The molecule has 0 radical (unpaired) electrons. The molecule has 4 heterocycles. The summed E-state index contributed by atoms with van der Waals surface area (Å²) in [6, 6.07) is 1.85. The second kappa shape index (κ2) is 6.58. The summed E-state index contributed by atoms with van der Waals surface area (Å²) in [6.07, 6.45) is 6.38. The van der Waals surface area contributed by atoms with Gasteiger partial charge in [-0.3, -0.25) is 9.59 Å². The molecule has 0 amide bonds. The number of rotatable bonds is 3. The van der Waals surface area contributed by atoms with Crippen molar-refractivity contribution in [2.75, 3.05) is 13.2 Å². The zero-order chi connectivity index (χ0) is 22.4. The Morgan fingerprint density at radius 1 is 1.34 bits per heavy atom. The van der Waals surface area contributed by atoms with E-state index in [1.165, 1.54) is 6.92 Å². The molecule has 3 saturated heterocycles. The minimum absolute atomic E-state index is 0.0311. The molecule has 5 aliphatic rings. The standard InChI is InChI=1S/C24H30O8/c1-14-9-19-24(13-28-15(2)25)18(5-4-7-22(24)12-29-21(3,31-19)32-22)23(14)10-17(30-20(23)26)16-6-8-27-11-16/h6,8,11,14,17-19H,4-5,7,9-10,12-13H2,1-3H3/t14-,17+,18-,19-,21?,22-,23-,24+/m1/s1. The molecule has 1 aromatic heterocycles. The molecule has 8 nitrogen and oxygen atoms in total. The smallest absolute Gasteiger partial charge is 0.313 e. The fourth-order valence-electron chi connectivity index (χ4n) is 7.75. The van der Waals surface area contributed by atoms with Gasteiger partial charge in [-0.1, -0.05) is 13.3 Å². The zero-order valence-corrected chi connectivity index (χ0v) is 18.8. The van der Waals surface area contributed by atoms with Crippen molar-refractivity contribution in [2.45, 2.75) is 76.7 Å². The predicted octanol–water partition coefficient (Wildman–Crippen LogP) is 3.50. The highest BCUT2D eigenvalue weighted by molar-refractivity contribution is 5.81. The molecular formula is C24H30O8. The number of carbonyl (C=O) groups is 2. The highest BCUT2D eigenvalue weighted by atomic mass is 16.9. The van der Waals surface area contributed by atoms with Crippen molar-refractivity contribution >= 4 is 11.9 Å². The lowest BCUT2D eigenvalue weighted by molar-refractivity contribution is -0.437. The summed E-state index contributed by atoms with van der Waals surface area (Å²) >= 11 is 0. The van der Waals surface area contributed by atoms with Gasteiger partial charge in [-0.25, -0.2) is 0 Å². The number of cyclic esters (lactones) is 1. The predicted molar refractivity (Wildman–Crippen MR) is 108 cm³/mol. The summed E-state index contributed by atoms with van der Waals surface area (Å²) in [5.41, 5.74) is -1.18. The molecule has 2 bridgehead atoms. The molecule has 174 valence electrons. The Hall–Kier alpha value is -1.90. The molecule has 5 fully saturated rings. The first-order valence-electron chi connectivity index (χ1n) is 11.6. The maximum Gasteiger partial charge on any atom is 0.313 e. The van der Waals surface area contributed by atoms with E-state index in [0.29, 0.717) is 19.4 Å². The van der Waals surface area contributed by atoms with Crippen LogP contribution >= 0.6 is 0 Å². The van der Waals surface area contributed by atoms with Crippen LogP contribution in [-0.2, 0) is 33.3 Å². The topological polar surface area (TPSA) is 93.4 Å². The Kier molecular flexibility index (Phi) is 4.25. The van der Waals surface area contributed by atoms with Gasteiger partial charge in [0.25, 0.3) is 5.97 Å². The van der Waals surface area contributed by atoms with Crippen LogP contribution in [0.2, 0.25) is 0 Å². The van der Waals surface area contributed by atoms with Crippen LogP contribution in [0.15, 0.2) is 23.0 Å². The molecular weight excluding hydrogens is 416 g/mol. The van der Waals surface area contributed by atoms with E-state index in [2.05, 4.69) is 6.92 Å². The SMILES string of the molecule is CC(=O)OC[C@@]12[C@@H]3CCC[C@@]14COC(C)(O[C@@H]2C[C@@H](C)[C@]31C[C@@H](c2ccoc2)OC1=O)O4. The Bertz CT molecular complexity index is 944. The molecule has 32 heavy (non-hydrogen) atoms. The number of ether oxygens (including phenoxy) is 5. The van der Waals surface area contributed by atoms with Crippen LogP contribution in [0, 0.1) is 22.7 Å². The number of carbonyl (C=O) groups excluding carboxylic acids is 2. The summed E-state index contributed by atoms with van der Waals surface area (Å²) in [5, 5.41) is 0. The molecule has 0 N–H and O–H groups in total. The minimum Gasteiger partial charge on any atom is -0.472 e. The third kappa shape index (κ3) is 2.43. The van der Waals surface area contributed by atoms with Crippen LogP contribution in [0.25, 0.3) is 0 Å². The lowest BCUT2D eigenvalue weighted by atomic mass is 9.41. The van der Waals surface area contributed by atoms with Gasteiger partial charge in [0.15, 0.2) is 0 Å². The normalized spacial score (nSPS) is 49.0. The lowest BCUT2D eigenvalue weighted by Crippen LogP contribution is -2.75. The van der Waals surface area contributed by atoms with Crippen molar-refractivity contribution in [3.63, 3.8) is 0 Å². The Balaban J connectivity index is 1.49. The van der Waals surface area contributed by atoms with E-state index in [4.69, 9.17) is 28.1 Å². The van der Waals surface area contributed by atoms with Crippen molar-refractivity contribution in [2.24, 2.45) is 22.7 Å². The maximum atomic E-state index is 13.7. The highest BCUT2D eigenvalue weighted by Crippen LogP contribution is 2.72. The molecule has 6 rings (SSSR count). The van der Waals surface area contributed by atoms with Crippen LogP contribution in [0.3, 0.4) is 0 Å². The van der Waals surface area contributed by atoms with Gasteiger partial charge in [-0.05, 0) is 37.2 Å². The summed E-state index contributed by atoms with van der Waals surface area (Å²) in [5.74, 6) is -1.72. The Morgan fingerprint density at radius 2 is 2.19 bits per heavy atom. The third-order valence-electron chi connectivity index (χ3n) is 9.07. The van der Waals surface area contributed by atoms with E-state index in [1.807, 2.05) is 13.0 Å². The van der Waals surface area contributed by atoms with E-state index >= 15 is 0 Å². The van der Waals surface area contributed by atoms with Crippen LogP contribution in [0.1, 0.15) is 64.5 Å². The van der Waals surface area contributed by atoms with E-state index in [0.717, 1.165) is 24.8 Å². The molecule has 1 aromatic rings. The van der Waals surface area contributed by atoms with Crippen molar-refractivity contribution in [1.29, 1.82) is 0 Å². The zero-order valence-electron chi connectivity index (χ0n) is 18.8. The van der Waals surface area contributed by atoms with E-state index in [9.17, 15) is 9.59 Å². The second-order valence-corrected chi connectivity index (χ2v) is 10.5. The van der Waals surface area contributed by atoms with Gasteiger partial charge >= 0.3 is 11.9 Å². The molecule has 2 aliphatic carbocycles. The molecule has 8 heteroatoms. The van der Waals surface area contributed by atoms with E-state index < -0.39 is 22.4 Å². The van der Waals surface area contributed by atoms with E-state index in [1.54, 1.807) is 12.5 Å². The first-order chi connectivity index (χ1) is 15.2. The van der Waals surface area contributed by atoms with Crippen LogP contribution in [0.5, 0.6) is 0 Å². The van der Waals surface area contributed by atoms with Gasteiger partial charge < -0.3 is 28.1 Å². The number of furan rings is 1. The number of fused-ring (bicyclic) bond motifs is 2. The minimum atomic E-state index is -1.11. The number of hydrogen-bond donors (Lipinski definition) is 0. The third-order valence-corrected chi connectivity index (χ3v) is 9.07. The van der Waals surface area contributed by atoms with Gasteiger partial charge in [0.2, 0.25) is 0 Å². The average molecular weight is 446 g/mol. The summed E-state index contributed by atoms with van der Waals surface area (Å²) in [4.78, 5) is 25.7. The first kappa shape index (κ1) is 20.7. The van der Waals surface area contributed by atoms with Crippen LogP contribution < -0.4 is 0 Å². The number of esters is 2. The molecule has 2 spiro atoms. The highest BCUT2D eigenvalue weighted by Gasteiger charge is 2.79. The maximum absolute atomic E-state index is 13.7. The molecule has 1 unspecified atom stereocenters. The van der Waals surface area contributed by atoms with Crippen molar-refractivity contribution in [1.82, 2.24) is 0 Å². The molecule has 0 aromatic carbocycles. The average Bonchev–Trinajstić information content (AvgIpc) is 3.44. The van der Waals surface area contributed by atoms with Gasteiger partial charge in [0.1, 0.15) is 18.3 Å². The van der Waals surface area contributed by atoms with Crippen LogP contribution in [0.4, 0.5) is 0 Å². The van der Waals surface area contributed by atoms with Crippen molar-refractivity contribution in [3.8, 4) is 0 Å². The quantitative estimate of drug-likeness (QED) is 0.652. The van der Waals surface area contributed by atoms with Gasteiger partial charge in [-0.2, -0.15) is 0 Å². The fourth-order valence-corrected chi connectivity index (χ4v) is 7.75. The van der Waals surface area contributed by atoms with Gasteiger partial charge in [0, 0.05) is 25.8 Å². The molecule has 3 aliphatic heterocycles. The van der Waals surface area contributed by atoms with Gasteiger partial charge in [-0.15, -0.1) is 0 Å². The summed E-state index contributed by atoms with van der Waals surface area (Å²) in [7, 11) is 0. The lowest BCUT2D eigenvalue weighted by Gasteiger charge is -2.67. The summed E-state index contributed by atoms with van der Waals surface area (Å²) in [6.45, 7) is 5.87. The monoisotopic (exact) mass is 446 g/mol.